The van der Waals surface area contributed by atoms with E-state index in [0.717, 1.165) is 170 Å². The lowest BCUT2D eigenvalue weighted by atomic mass is 9.67. The molecule has 8 heteroatoms. The fraction of sp³-hybridized carbons (Fsp3) is 0.636. The molecule has 4 aromatic rings. The van der Waals surface area contributed by atoms with E-state index in [4.69, 9.17) is 18.9 Å². The maximum atomic E-state index is 11.5. The second kappa shape index (κ2) is 43.6. The molecule has 0 aromatic heterocycles. The summed E-state index contributed by atoms with van der Waals surface area (Å²) in [4.78, 5) is 0. The summed E-state index contributed by atoms with van der Waals surface area (Å²) < 4.78 is 26.1. The molecule has 0 bridgehead atoms. The highest BCUT2D eigenvalue weighted by atomic mass is 16.5. The van der Waals surface area contributed by atoms with Crippen molar-refractivity contribution in [3.63, 3.8) is 0 Å². The number of unbranched alkanes of at least 4 members (excludes halogenated alkanes) is 8. The first-order valence-electron chi connectivity index (χ1n) is 38.6. The Labute approximate surface area is 586 Å². The highest BCUT2D eigenvalue weighted by Gasteiger charge is 2.37. The molecule has 6 atom stereocenters. The third-order valence-corrected chi connectivity index (χ3v) is 20.6. The van der Waals surface area contributed by atoms with Gasteiger partial charge in [-0.15, -0.1) is 0 Å². The zero-order valence-corrected chi connectivity index (χ0v) is 63.6. The maximum Gasteiger partial charge on any atom is 0.126 e. The average molecular weight is 1320 g/mol. The Balaban J connectivity index is 0.000000347. The van der Waals surface area contributed by atoms with Crippen LogP contribution in [0, 0.1) is 35.5 Å². The Hall–Kier alpha value is -5.76. The van der Waals surface area contributed by atoms with Crippen molar-refractivity contribution in [1.29, 1.82) is 0 Å². The van der Waals surface area contributed by atoms with E-state index in [0.29, 0.717) is 97.8 Å². The van der Waals surface area contributed by atoms with Gasteiger partial charge in [-0.05, 0) is 275 Å². The minimum Gasteiger partial charge on any atom is -0.508 e. The van der Waals surface area contributed by atoms with Gasteiger partial charge in [-0.1, -0.05) is 180 Å². The van der Waals surface area contributed by atoms with Crippen LogP contribution in [0.1, 0.15) is 308 Å². The van der Waals surface area contributed by atoms with E-state index < -0.39 is 0 Å². The number of aromatic hydroxyl groups is 4. The molecule has 536 valence electrons. The lowest BCUT2D eigenvalue weighted by Gasteiger charge is -2.38. The Kier molecular flexibility index (Phi) is 36.8. The Morgan fingerprint density at radius 2 is 0.708 bits per heavy atom. The van der Waals surface area contributed by atoms with Crippen molar-refractivity contribution in [3.8, 4) is 46.0 Å². The van der Waals surface area contributed by atoms with Gasteiger partial charge >= 0.3 is 0 Å². The summed E-state index contributed by atoms with van der Waals surface area (Å²) in [6.45, 7) is 37.2. The summed E-state index contributed by atoms with van der Waals surface area (Å²) in [6.07, 6.45) is 38.9. The minimum absolute atomic E-state index is 0.282. The molecule has 2 fully saturated rings. The summed E-state index contributed by atoms with van der Waals surface area (Å²) in [5.41, 5.74) is 13.5. The summed E-state index contributed by atoms with van der Waals surface area (Å²) in [5, 5.41) is 45.4. The Bertz CT molecular complexity index is 2830. The van der Waals surface area contributed by atoms with Gasteiger partial charge in [0.1, 0.15) is 72.4 Å². The lowest BCUT2D eigenvalue weighted by molar-refractivity contribution is 0.182. The van der Waals surface area contributed by atoms with E-state index >= 15 is 0 Å². The molecule has 0 saturated heterocycles. The number of benzene rings is 4. The second-order valence-electron chi connectivity index (χ2n) is 30.5. The summed E-state index contributed by atoms with van der Waals surface area (Å²) in [7, 11) is 0. The van der Waals surface area contributed by atoms with E-state index in [-0.39, 0.29) is 11.8 Å². The van der Waals surface area contributed by atoms with Gasteiger partial charge in [0.2, 0.25) is 0 Å². The Morgan fingerprint density at radius 3 is 1.01 bits per heavy atom. The summed E-state index contributed by atoms with van der Waals surface area (Å²) in [5.74, 6) is 8.50. The molecule has 2 aliphatic rings. The number of aryl methyl sites for hydroxylation is 4. The first-order valence-corrected chi connectivity index (χ1v) is 38.6. The van der Waals surface area contributed by atoms with E-state index in [1.807, 2.05) is 24.3 Å². The van der Waals surface area contributed by atoms with E-state index in [1.165, 1.54) is 86.5 Å². The SMILES string of the molecule is CCCCCc1cc(O)c(C/C=C(\C)CCC=C(C)C)c(OCCOc2cc(CCCCC)cc(O)c2[C@@H]2C[C@@H](C)CC[C@H]2C(C)C)c1.CCCCCc1cc(O)c(C/C=C(\C)CCC=C(C)C)c(OCCOc2cc(CCCCC)cc(O)c2[C@@H]2C[C@H](C)CC[C@H]2C(C)C)c1. The molecular weight excluding hydrogens is 1180 g/mol. The van der Waals surface area contributed by atoms with Crippen molar-refractivity contribution in [3.05, 3.63) is 140 Å². The molecule has 0 aliphatic heterocycles. The molecule has 4 aromatic carbocycles. The van der Waals surface area contributed by atoms with Gasteiger partial charge in [0.05, 0.1) is 0 Å². The van der Waals surface area contributed by atoms with Gasteiger partial charge in [0.15, 0.2) is 0 Å². The molecule has 0 spiro atoms. The number of rotatable bonds is 40. The number of hydrogen-bond donors (Lipinski definition) is 4. The first kappa shape index (κ1) is 80.9. The predicted molar refractivity (Wildman–Crippen MR) is 408 cm³/mol. The van der Waals surface area contributed by atoms with E-state index in [1.54, 1.807) is 0 Å². The van der Waals surface area contributed by atoms with Crippen molar-refractivity contribution in [2.75, 3.05) is 26.4 Å². The smallest absolute Gasteiger partial charge is 0.126 e. The minimum atomic E-state index is 0.282. The van der Waals surface area contributed by atoms with Crippen LogP contribution in [0.2, 0.25) is 0 Å². The molecule has 0 unspecified atom stereocenters. The van der Waals surface area contributed by atoms with E-state index in [9.17, 15) is 20.4 Å². The predicted octanol–water partition coefficient (Wildman–Crippen LogP) is 24.9. The third kappa shape index (κ3) is 27.5. The lowest BCUT2D eigenvalue weighted by Crippen LogP contribution is -2.27. The fourth-order valence-corrected chi connectivity index (χ4v) is 14.9. The molecule has 4 N–H and O–H groups in total. The number of phenols is 4. The molecule has 96 heavy (non-hydrogen) atoms. The van der Waals surface area contributed by atoms with Crippen molar-refractivity contribution >= 4 is 0 Å². The van der Waals surface area contributed by atoms with Crippen LogP contribution in [-0.2, 0) is 38.5 Å². The summed E-state index contributed by atoms with van der Waals surface area (Å²) >= 11 is 0. The van der Waals surface area contributed by atoms with Crippen molar-refractivity contribution in [1.82, 2.24) is 0 Å². The monoisotopic (exact) mass is 1320 g/mol. The summed E-state index contributed by atoms with van der Waals surface area (Å²) in [6, 6.07) is 16.5. The topological polar surface area (TPSA) is 118 Å². The molecule has 0 amide bonds. The molecule has 2 aliphatic carbocycles. The standard InChI is InChI=1S/2C44H68O4/c2*1-9-11-13-18-35-27-40(45)38(23-20-33(7)17-15-16-31(3)4)42(29-35)47-24-25-48-43-30-36(19-14-12-10-2)28-41(46)44(43)39-26-34(8)21-22-37(39)32(5)6/h2*16,20,27-30,32,34,37,39,45-46H,9-15,17-19,21-26H2,1-8H3/b2*33-20+/t34-,37+,39-;34-,37-,39+/m10/s1. The first-order chi connectivity index (χ1) is 46.1. The van der Waals surface area contributed by atoms with Crippen LogP contribution in [0.25, 0.3) is 0 Å². The van der Waals surface area contributed by atoms with Crippen LogP contribution in [0.4, 0.5) is 0 Å². The van der Waals surface area contributed by atoms with Crippen LogP contribution >= 0.6 is 0 Å². The van der Waals surface area contributed by atoms with Gasteiger partial charge in [-0.2, -0.15) is 0 Å². The number of phenolic OH excluding ortho intramolecular Hbond substituents is 4. The average Bonchev–Trinajstić information content (AvgIpc) is 0.798. The van der Waals surface area contributed by atoms with Crippen molar-refractivity contribution in [2.24, 2.45) is 35.5 Å². The molecule has 0 heterocycles. The van der Waals surface area contributed by atoms with Gasteiger partial charge in [-0.25, -0.2) is 0 Å². The van der Waals surface area contributed by atoms with Gasteiger partial charge in [0, 0.05) is 22.3 Å². The van der Waals surface area contributed by atoms with Crippen molar-refractivity contribution < 1.29 is 39.4 Å². The van der Waals surface area contributed by atoms with Gasteiger partial charge in [-0.3, -0.25) is 0 Å². The highest BCUT2D eigenvalue weighted by molar-refractivity contribution is 5.53. The quantitative estimate of drug-likeness (QED) is 0.0257. The van der Waals surface area contributed by atoms with Crippen LogP contribution in [-0.4, -0.2) is 46.9 Å². The van der Waals surface area contributed by atoms with Crippen LogP contribution in [0.3, 0.4) is 0 Å². The van der Waals surface area contributed by atoms with Gasteiger partial charge in [0.25, 0.3) is 0 Å². The van der Waals surface area contributed by atoms with Crippen molar-refractivity contribution in [2.45, 2.75) is 302 Å². The third-order valence-electron chi connectivity index (χ3n) is 20.6. The zero-order chi connectivity index (χ0) is 70.1. The molecule has 2 saturated carbocycles. The van der Waals surface area contributed by atoms with Crippen LogP contribution in [0.5, 0.6) is 46.0 Å². The Morgan fingerprint density at radius 1 is 0.406 bits per heavy atom. The highest BCUT2D eigenvalue weighted by Crippen LogP contribution is 2.52. The largest absolute Gasteiger partial charge is 0.508 e. The molecular formula is C88H136O8. The number of hydrogen-bond acceptors (Lipinski definition) is 8. The molecule has 6 rings (SSSR count). The number of ether oxygens (including phenoxy) is 4. The fourth-order valence-electron chi connectivity index (χ4n) is 14.9. The normalized spacial score (nSPS) is 18.3. The van der Waals surface area contributed by atoms with Crippen LogP contribution in [0.15, 0.2) is 95.1 Å². The van der Waals surface area contributed by atoms with Crippen LogP contribution < -0.4 is 18.9 Å². The zero-order valence-electron chi connectivity index (χ0n) is 63.6. The number of allylic oxidation sites excluding steroid dienone is 8. The maximum absolute atomic E-state index is 11.5. The van der Waals surface area contributed by atoms with Gasteiger partial charge < -0.3 is 39.4 Å². The molecule has 8 nitrogen and oxygen atoms in total. The van der Waals surface area contributed by atoms with E-state index in [2.05, 4.69) is 159 Å². The molecule has 0 radical (unpaired) electrons. The second-order valence-corrected chi connectivity index (χ2v) is 30.5.